The van der Waals surface area contributed by atoms with Crippen LogP contribution in [-0.4, -0.2) is 26.4 Å². The van der Waals surface area contributed by atoms with Crippen LogP contribution in [-0.2, 0) is 4.74 Å². The van der Waals surface area contributed by atoms with Crippen molar-refractivity contribution in [1.82, 2.24) is 5.32 Å². The summed E-state index contributed by atoms with van der Waals surface area (Å²) in [4.78, 5) is 0. The zero-order valence-corrected chi connectivity index (χ0v) is 11.3. The van der Waals surface area contributed by atoms with Crippen LogP contribution in [0.1, 0.15) is 37.8 Å². The SMILES string of the molecule is CCCNC(c1cccc(OC)c1)C1CCCO1. The van der Waals surface area contributed by atoms with Gasteiger partial charge < -0.3 is 14.8 Å². The molecule has 2 rings (SSSR count). The fraction of sp³-hybridized carbons (Fsp3) is 0.600. The first-order valence-electron chi connectivity index (χ1n) is 6.84. The highest BCUT2D eigenvalue weighted by atomic mass is 16.5. The first-order chi connectivity index (χ1) is 8.85. The highest BCUT2D eigenvalue weighted by Gasteiger charge is 2.26. The van der Waals surface area contributed by atoms with Gasteiger partial charge in [0.05, 0.1) is 19.3 Å². The van der Waals surface area contributed by atoms with Gasteiger partial charge in [0.15, 0.2) is 0 Å². The number of benzene rings is 1. The molecule has 1 aliphatic rings. The number of nitrogens with one attached hydrogen (secondary N) is 1. The first-order valence-corrected chi connectivity index (χ1v) is 6.84. The molecule has 0 spiro atoms. The van der Waals surface area contributed by atoms with E-state index in [0.29, 0.717) is 6.10 Å². The van der Waals surface area contributed by atoms with E-state index >= 15 is 0 Å². The standard InChI is InChI=1S/C15H23NO2/c1-3-9-16-15(14-8-5-10-18-14)12-6-4-7-13(11-12)17-2/h4,6-7,11,14-16H,3,5,8-10H2,1-2H3. The van der Waals surface area contributed by atoms with Crippen LogP contribution in [0.15, 0.2) is 24.3 Å². The topological polar surface area (TPSA) is 30.5 Å². The quantitative estimate of drug-likeness (QED) is 0.841. The fourth-order valence-electron chi connectivity index (χ4n) is 2.46. The summed E-state index contributed by atoms with van der Waals surface area (Å²) in [7, 11) is 1.71. The van der Waals surface area contributed by atoms with E-state index in [0.717, 1.165) is 31.7 Å². The Morgan fingerprint density at radius 1 is 1.50 bits per heavy atom. The molecule has 1 aromatic rings. The normalized spacial score (nSPS) is 20.9. The van der Waals surface area contributed by atoms with Crippen LogP contribution in [0.2, 0.25) is 0 Å². The Kier molecular flexibility index (Phi) is 5.02. The van der Waals surface area contributed by atoms with Crippen molar-refractivity contribution in [3.05, 3.63) is 29.8 Å². The summed E-state index contributed by atoms with van der Waals surface area (Å²) < 4.78 is 11.1. The van der Waals surface area contributed by atoms with Crippen molar-refractivity contribution in [3.63, 3.8) is 0 Å². The molecule has 0 saturated carbocycles. The molecule has 100 valence electrons. The summed E-state index contributed by atoms with van der Waals surface area (Å²) in [6.45, 7) is 4.09. The minimum absolute atomic E-state index is 0.280. The average Bonchev–Trinajstić information content (AvgIpc) is 2.93. The van der Waals surface area contributed by atoms with Gasteiger partial charge in [-0.2, -0.15) is 0 Å². The Bertz CT molecular complexity index is 361. The van der Waals surface area contributed by atoms with Crippen molar-refractivity contribution in [3.8, 4) is 5.75 Å². The van der Waals surface area contributed by atoms with Gasteiger partial charge in [-0.15, -0.1) is 0 Å². The fourth-order valence-corrected chi connectivity index (χ4v) is 2.46. The second-order valence-electron chi connectivity index (χ2n) is 4.76. The van der Waals surface area contributed by atoms with Gasteiger partial charge in [0.2, 0.25) is 0 Å². The molecule has 1 aromatic carbocycles. The molecule has 2 atom stereocenters. The van der Waals surface area contributed by atoms with Crippen LogP contribution >= 0.6 is 0 Å². The number of methoxy groups -OCH3 is 1. The van der Waals surface area contributed by atoms with Crippen LogP contribution in [0.3, 0.4) is 0 Å². The second kappa shape index (κ2) is 6.76. The maximum absolute atomic E-state index is 5.84. The van der Waals surface area contributed by atoms with E-state index in [9.17, 15) is 0 Å². The minimum Gasteiger partial charge on any atom is -0.497 e. The number of hydrogen-bond donors (Lipinski definition) is 1. The maximum atomic E-state index is 5.84. The summed E-state index contributed by atoms with van der Waals surface area (Å²) in [5.74, 6) is 0.911. The monoisotopic (exact) mass is 249 g/mol. The van der Waals surface area contributed by atoms with Crippen LogP contribution < -0.4 is 10.1 Å². The lowest BCUT2D eigenvalue weighted by Crippen LogP contribution is -2.32. The predicted octanol–water partition coefficient (Wildman–Crippen LogP) is 2.91. The number of hydrogen-bond acceptors (Lipinski definition) is 3. The average molecular weight is 249 g/mol. The number of rotatable bonds is 6. The molecule has 1 saturated heterocycles. The molecule has 18 heavy (non-hydrogen) atoms. The van der Waals surface area contributed by atoms with Gasteiger partial charge in [0.1, 0.15) is 5.75 Å². The van der Waals surface area contributed by atoms with Crippen LogP contribution in [0, 0.1) is 0 Å². The Morgan fingerprint density at radius 2 is 2.39 bits per heavy atom. The first kappa shape index (κ1) is 13.4. The molecule has 1 heterocycles. The third kappa shape index (κ3) is 3.24. The van der Waals surface area contributed by atoms with Gasteiger partial charge in [-0.3, -0.25) is 0 Å². The van der Waals surface area contributed by atoms with E-state index in [2.05, 4.69) is 24.4 Å². The van der Waals surface area contributed by atoms with Gasteiger partial charge in [-0.25, -0.2) is 0 Å². The van der Waals surface area contributed by atoms with Gasteiger partial charge in [0.25, 0.3) is 0 Å². The summed E-state index contributed by atoms with van der Waals surface area (Å²) >= 11 is 0. The molecular weight excluding hydrogens is 226 g/mol. The van der Waals surface area contributed by atoms with E-state index < -0.39 is 0 Å². The smallest absolute Gasteiger partial charge is 0.119 e. The summed E-state index contributed by atoms with van der Waals surface area (Å²) in [5, 5.41) is 3.60. The van der Waals surface area contributed by atoms with E-state index in [1.807, 2.05) is 12.1 Å². The molecule has 0 bridgehead atoms. The molecule has 0 aliphatic carbocycles. The zero-order valence-electron chi connectivity index (χ0n) is 11.3. The lowest BCUT2D eigenvalue weighted by atomic mass is 9.99. The summed E-state index contributed by atoms with van der Waals surface area (Å²) in [6.07, 6.45) is 3.73. The summed E-state index contributed by atoms with van der Waals surface area (Å²) in [5.41, 5.74) is 1.26. The van der Waals surface area contributed by atoms with Gasteiger partial charge in [0, 0.05) is 6.61 Å². The second-order valence-corrected chi connectivity index (χ2v) is 4.76. The molecule has 0 amide bonds. The molecule has 0 radical (unpaired) electrons. The molecular formula is C15H23NO2. The van der Waals surface area contributed by atoms with Crippen molar-refractivity contribution >= 4 is 0 Å². The lowest BCUT2D eigenvalue weighted by molar-refractivity contribution is 0.0782. The van der Waals surface area contributed by atoms with Gasteiger partial charge in [-0.05, 0) is 43.5 Å². The lowest BCUT2D eigenvalue weighted by Gasteiger charge is -2.25. The highest BCUT2D eigenvalue weighted by molar-refractivity contribution is 5.31. The predicted molar refractivity (Wildman–Crippen MR) is 73.0 cm³/mol. The third-order valence-electron chi connectivity index (χ3n) is 3.40. The molecule has 3 heteroatoms. The van der Waals surface area contributed by atoms with Crippen LogP contribution in [0.5, 0.6) is 5.75 Å². The molecule has 1 N–H and O–H groups in total. The summed E-state index contributed by atoms with van der Waals surface area (Å²) in [6, 6.07) is 8.56. The third-order valence-corrected chi connectivity index (χ3v) is 3.40. The van der Waals surface area contributed by atoms with Crippen molar-refractivity contribution < 1.29 is 9.47 Å². The van der Waals surface area contributed by atoms with Crippen molar-refractivity contribution in [1.29, 1.82) is 0 Å². The van der Waals surface area contributed by atoms with Crippen LogP contribution in [0.4, 0.5) is 0 Å². The molecule has 1 aliphatic heterocycles. The molecule has 3 nitrogen and oxygen atoms in total. The van der Waals surface area contributed by atoms with Gasteiger partial charge >= 0.3 is 0 Å². The Hall–Kier alpha value is -1.06. The van der Waals surface area contributed by atoms with Crippen molar-refractivity contribution in [2.24, 2.45) is 0 Å². The van der Waals surface area contributed by atoms with E-state index in [4.69, 9.17) is 9.47 Å². The van der Waals surface area contributed by atoms with E-state index in [1.165, 1.54) is 12.0 Å². The zero-order chi connectivity index (χ0) is 12.8. The van der Waals surface area contributed by atoms with Crippen molar-refractivity contribution in [2.75, 3.05) is 20.3 Å². The highest BCUT2D eigenvalue weighted by Crippen LogP contribution is 2.28. The Labute approximate surface area is 109 Å². The molecule has 0 aromatic heterocycles. The van der Waals surface area contributed by atoms with Crippen molar-refractivity contribution in [2.45, 2.75) is 38.3 Å². The van der Waals surface area contributed by atoms with Gasteiger partial charge in [-0.1, -0.05) is 19.1 Å². The molecule has 2 unspecified atom stereocenters. The van der Waals surface area contributed by atoms with E-state index in [-0.39, 0.29) is 6.04 Å². The maximum Gasteiger partial charge on any atom is 0.119 e. The minimum atomic E-state index is 0.280. The molecule has 1 fully saturated rings. The largest absolute Gasteiger partial charge is 0.497 e. The Morgan fingerprint density at radius 3 is 3.06 bits per heavy atom. The van der Waals surface area contributed by atoms with E-state index in [1.54, 1.807) is 7.11 Å². The van der Waals surface area contributed by atoms with Crippen LogP contribution in [0.25, 0.3) is 0 Å². The Balaban J connectivity index is 2.14. The number of ether oxygens (including phenoxy) is 2.